The predicted molar refractivity (Wildman–Crippen MR) is 106 cm³/mol. The molecule has 0 aromatic rings. The minimum Gasteiger partial charge on any atom is -0.436 e. The summed E-state index contributed by atoms with van der Waals surface area (Å²) in [6.07, 6.45) is 0.992. The summed E-state index contributed by atoms with van der Waals surface area (Å²) in [5.41, 5.74) is 1.82. The summed E-state index contributed by atoms with van der Waals surface area (Å²) in [6.45, 7) is 20.6. The van der Waals surface area contributed by atoms with E-state index in [1.165, 1.54) is 11.6 Å². The Morgan fingerprint density at radius 2 is 1.86 bits per heavy atom. The third kappa shape index (κ3) is 4.16. The topological polar surface area (TPSA) is 18.5 Å². The van der Waals surface area contributed by atoms with Gasteiger partial charge in [-0.1, -0.05) is 33.3 Å². The van der Waals surface area contributed by atoms with Crippen LogP contribution >= 0.6 is 11.6 Å². The van der Waals surface area contributed by atoms with Crippen molar-refractivity contribution in [3.8, 4) is 0 Å². The molecular formula is C16H35ClO2Si3. The molecule has 0 aliphatic carbocycles. The maximum absolute atomic E-state index is 7.02. The fourth-order valence-corrected chi connectivity index (χ4v) is 26.5. The average molecular weight is 379 g/mol. The molecule has 0 radical (unpaired) electrons. The number of halogens is 1. The van der Waals surface area contributed by atoms with E-state index >= 15 is 0 Å². The molecule has 4 atom stereocenters. The normalized spacial score (nSPS) is 39.2. The Kier molecular flexibility index (Phi) is 7.19. The highest BCUT2D eigenvalue weighted by molar-refractivity contribution is 7.03. The van der Waals surface area contributed by atoms with Crippen LogP contribution in [0, 0.1) is 0 Å². The van der Waals surface area contributed by atoms with Gasteiger partial charge in [0, 0.05) is 11.9 Å². The Labute approximate surface area is 146 Å². The van der Waals surface area contributed by atoms with Gasteiger partial charge in [-0.15, -0.1) is 18.2 Å². The van der Waals surface area contributed by atoms with Gasteiger partial charge in [-0.3, -0.25) is 0 Å². The zero-order valence-corrected chi connectivity index (χ0v) is 19.3. The zero-order chi connectivity index (χ0) is 17.2. The van der Waals surface area contributed by atoms with Crippen molar-refractivity contribution in [1.29, 1.82) is 0 Å². The Morgan fingerprint density at radius 3 is 2.27 bits per heavy atom. The summed E-state index contributed by atoms with van der Waals surface area (Å²) in [6, 6.07) is 3.14. The van der Waals surface area contributed by atoms with E-state index in [4.69, 9.17) is 19.8 Å². The number of rotatable bonds is 7. The smallest absolute Gasteiger partial charge is 0.321 e. The third-order valence-corrected chi connectivity index (χ3v) is 25.6. The first-order valence-electron chi connectivity index (χ1n) is 8.66. The van der Waals surface area contributed by atoms with Gasteiger partial charge in [-0.05, 0) is 49.2 Å². The van der Waals surface area contributed by atoms with Gasteiger partial charge in [0.15, 0.2) is 16.6 Å². The minimum atomic E-state index is -2.22. The van der Waals surface area contributed by atoms with Gasteiger partial charge in [0.2, 0.25) is 0 Å². The molecule has 2 nitrogen and oxygen atoms in total. The molecule has 1 saturated heterocycles. The van der Waals surface area contributed by atoms with E-state index in [9.17, 15) is 0 Å². The van der Waals surface area contributed by atoms with Gasteiger partial charge < -0.3 is 8.23 Å². The highest BCUT2D eigenvalue weighted by Gasteiger charge is 2.61. The molecule has 1 fully saturated rings. The first kappa shape index (κ1) is 20.6. The van der Waals surface area contributed by atoms with E-state index < -0.39 is 25.2 Å². The maximum atomic E-state index is 7.02. The van der Waals surface area contributed by atoms with Gasteiger partial charge in [0.1, 0.15) is 0 Å². The van der Waals surface area contributed by atoms with E-state index in [0.29, 0.717) is 16.6 Å². The standard InChI is InChI=1S/C16H35ClO2Si3/c1-9-20(7)16(6)21(8,15(4)5)19-22(18-20,12-10-11-17)13-14(2)3/h15-16H,2,9-13H2,1,3-8H3. The second kappa shape index (κ2) is 7.66. The van der Waals surface area contributed by atoms with Crippen LogP contribution in [0.25, 0.3) is 0 Å². The molecule has 1 rings (SSSR count). The first-order chi connectivity index (χ1) is 10.1. The van der Waals surface area contributed by atoms with Crippen LogP contribution in [0.2, 0.25) is 41.9 Å². The van der Waals surface area contributed by atoms with Crippen molar-refractivity contribution in [3.05, 3.63) is 12.2 Å². The largest absolute Gasteiger partial charge is 0.436 e. The van der Waals surface area contributed by atoms with Crippen LogP contribution in [0.4, 0.5) is 0 Å². The van der Waals surface area contributed by atoms with Gasteiger partial charge in [-0.2, -0.15) is 0 Å². The molecule has 1 aliphatic rings. The molecule has 0 amide bonds. The Hall–Kier alpha value is 0.601. The SMILES string of the molecule is C=C(C)C[Si]1(CCCCl)O[Si](C)(CC)C(C)[Si](C)(C(C)C)O1. The van der Waals surface area contributed by atoms with Crippen molar-refractivity contribution in [2.45, 2.75) is 83.0 Å². The van der Waals surface area contributed by atoms with Crippen LogP contribution in [0.5, 0.6) is 0 Å². The van der Waals surface area contributed by atoms with E-state index in [0.717, 1.165) is 18.5 Å². The van der Waals surface area contributed by atoms with E-state index in [1.807, 2.05) is 0 Å². The van der Waals surface area contributed by atoms with Crippen molar-refractivity contribution >= 4 is 36.8 Å². The minimum absolute atomic E-state index is 0.623. The van der Waals surface area contributed by atoms with Crippen molar-refractivity contribution < 1.29 is 8.23 Å². The van der Waals surface area contributed by atoms with Crippen LogP contribution in [0.3, 0.4) is 0 Å². The van der Waals surface area contributed by atoms with E-state index in [-0.39, 0.29) is 0 Å². The molecule has 0 saturated carbocycles. The van der Waals surface area contributed by atoms with Crippen molar-refractivity contribution in [2.75, 3.05) is 5.88 Å². The predicted octanol–water partition coefficient (Wildman–Crippen LogP) is 6.19. The molecule has 0 spiro atoms. The number of allylic oxidation sites excluding steroid dienone is 1. The lowest BCUT2D eigenvalue weighted by Crippen LogP contribution is -2.69. The fraction of sp³-hybridized carbons (Fsp3) is 0.875. The van der Waals surface area contributed by atoms with E-state index in [2.05, 4.69) is 54.3 Å². The molecule has 1 heterocycles. The van der Waals surface area contributed by atoms with Crippen molar-refractivity contribution in [1.82, 2.24) is 0 Å². The number of alkyl halides is 1. The molecule has 22 heavy (non-hydrogen) atoms. The quantitative estimate of drug-likeness (QED) is 0.298. The molecular weight excluding hydrogens is 344 g/mol. The van der Waals surface area contributed by atoms with Crippen molar-refractivity contribution in [3.63, 3.8) is 0 Å². The summed E-state index contributed by atoms with van der Waals surface area (Å²) >= 11 is 6.00. The zero-order valence-electron chi connectivity index (χ0n) is 15.6. The Bertz CT molecular complexity index is 407. The fourth-order valence-electron chi connectivity index (χ4n) is 3.68. The summed E-state index contributed by atoms with van der Waals surface area (Å²) in [5.74, 6) is 0.692. The molecule has 0 aromatic carbocycles. The second-order valence-corrected chi connectivity index (χ2v) is 21.6. The molecule has 1 aliphatic heterocycles. The number of hydrogen-bond acceptors (Lipinski definition) is 2. The third-order valence-electron chi connectivity index (χ3n) is 5.71. The van der Waals surface area contributed by atoms with Crippen LogP contribution in [-0.4, -0.2) is 31.1 Å². The molecule has 6 heteroatoms. The summed E-state index contributed by atoms with van der Waals surface area (Å²) < 4.78 is 14.0. The lowest BCUT2D eigenvalue weighted by molar-refractivity contribution is 0.329. The summed E-state index contributed by atoms with van der Waals surface area (Å²) in [5, 5.41) is 0.631. The van der Waals surface area contributed by atoms with E-state index in [1.54, 1.807) is 0 Å². The molecule has 0 N–H and O–H groups in total. The highest BCUT2D eigenvalue weighted by Crippen LogP contribution is 2.50. The second-order valence-electron chi connectivity index (χ2n) is 7.77. The van der Waals surface area contributed by atoms with Crippen LogP contribution in [0.1, 0.15) is 41.0 Å². The first-order valence-corrected chi connectivity index (χ1v) is 16.7. The highest BCUT2D eigenvalue weighted by atomic mass is 35.5. The Morgan fingerprint density at radius 1 is 1.27 bits per heavy atom. The van der Waals surface area contributed by atoms with Gasteiger partial charge in [0.25, 0.3) is 0 Å². The maximum Gasteiger partial charge on any atom is 0.321 e. The van der Waals surface area contributed by atoms with Gasteiger partial charge in [-0.25, -0.2) is 0 Å². The average Bonchev–Trinajstić information content (AvgIpc) is 2.42. The number of hydrogen-bond donors (Lipinski definition) is 0. The van der Waals surface area contributed by atoms with Crippen molar-refractivity contribution in [2.24, 2.45) is 0 Å². The van der Waals surface area contributed by atoms with Gasteiger partial charge in [0.05, 0.1) is 0 Å². The van der Waals surface area contributed by atoms with Crippen LogP contribution in [-0.2, 0) is 8.23 Å². The van der Waals surface area contributed by atoms with Crippen LogP contribution in [0.15, 0.2) is 12.2 Å². The Balaban J connectivity index is 3.28. The molecule has 130 valence electrons. The summed E-state index contributed by atoms with van der Waals surface area (Å²) in [4.78, 5) is 0. The van der Waals surface area contributed by atoms with Gasteiger partial charge >= 0.3 is 8.56 Å². The summed E-state index contributed by atoms with van der Waals surface area (Å²) in [7, 11) is -5.79. The molecule has 0 bridgehead atoms. The monoisotopic (exact) mass is 378 g/mol. The van der Waals surface area contributed by atoms with Crippen LogP contribution < -0.4 is 0 Å². The molecule has 4 unspecified atom stereocenters. The molecule has 0 aromatic heterocycles. The lowest BCUT2D eigenvalue weighted by Gasteiger charge is -2.57. The lowest BCUT2D eigenvalue weighted by atomic mass is 10.4.